The SMILES string of the molecule is CC(CO)(CO)Nc1nccnc1C(=O)O. The van der Waals surface area contributed by atoms with E-state index in [9.17, 15) is 4.79 Å². The van der Waals surface area contributed by atoms with Gasteiger partial charge in [0.05, 0.1) is 18.8 Å². The summed E-state index contributed by atoms with van der Waals surface area (Å²) in [7, 11) is 0. The molecule has 0 atom stereocenters. The number of aliphatic hydroxyl groups is 2. The van der Waals surface area contributed by atoms with Crippen molar-refractivity contribution in [2.75, 3.05) is 18.5 Å². The Morgan fingerprint density at radius 2 is 1.94 bits per heavy atom. The van der Waals surface area contributed by atoms with E-state index in [0.717, 1.165) is 0 Å². The van der Waals surface area contributed by atoms with Crippen LogP contribution in [0.2, 0.25) is 0 Å². The van der Waals surface area contributed by atoms with Gasteiger partial charge in [-0.25, -0.2) is 14.8 Å². The molecule has 0 unspecified atom stereocenters. The number of aromatic carboxylic acids is 1. The lowest BCUT2D eigenvalue weighted by atomic mass is 10.1. The fourth-order valence-electron chi connectivity index (χ4n) is 1.00. The van der Waals surface area contributed by atoms with E-state index in [1.807, 2.05) is 0 Å². The molecule has 0 aliphatic carbocycles. The zero-order valence-corrected chi connectivity index (χ0v) is 8.71. The minimum absolute atomic E-state index is 0.0144. The Hall–Kier alpha value is -1.73. The quantitative estimate of drug-likeness (QED) is 0.527. The third kappa shape index (κ3) is 2.65. The first-order valence-corrected chi connectivity index (χ1v) is 4.56. The van der Waals surface area contributed by atoms with E-state index in [-0.39, 0.29) is 24.7 Å². The average molecular weight is 227 g/mol. The van der Waals surface area contributed by atoms with Crippen LogP contribution < -0.4 is 5.32 Å². The number of rotatable bonds is 5. The Morgan fingerprint density at radius 1 is 1.38 bits per heavy atom. The summed E-state index contributed by atoms with van der Waals surface area (Å²) in [5, 5.41) is 29.6. The van der Waals surface area contributed by atoms with Gasteiger partial charge in [0.15, 0.2) is 11.5 Å². The second kappa shape index (κ2) is 4.86. The van der Waals surface area contributed by atoms with E-state index in [4.69, 9.17) is 15.3 Å². The third-order valence-corrected chi connectivity index (χ3v) is 2.02. The summed E-state index contributed by atoms with van der Waals surface area (Å²) < 4.78 is 0. The number of aliphatic hydroxyl groups excluding tert-OH is 2. The monoisotopic (exact) mass is 227 g/mol. The lowest BCUT2D eigenvalue weighted by molar-refractivity contribution is 0.0690. The second-order valence-electron chi connectivity index (χ2n) is 3.56. The maximum Gasteiger partial charge on any atom is 0.358 e. The first kappa shape index (κ1) is 12.3. The molecular weight excluding hydrogens is 214 g/mol. The second-order valence-corrected chi connectivity index (χ2v) is 3.56. The molecule has 0 amide bonds. The van der Waals surface area contributed by atoms with Crippen LogP contribution in [-0.4, -0.2) is 50.0 Å². The normalized spacial score (nSPS) is 11.2. The van der Waals surface area contributed by atoms with Crippen LogP contribution in [0.5, 0.6) is 0 Å². The summed E-state index contributed by atoms with van der Waals surface area (Å²) in [5.41, 5.74) is -1.30. The molecule has 1 rings (SSSR count). The molecule has 7 heteroatoms. The smallest absolute Gasteiger partial charge is 0.358 e. The summed E-state index contributed by atoms with van der Waals surface area (Å²) in [6.45, 7) is 0.811. The predicted octanol–water partition coefficient (Wildman–Crippen LogP) is -0.670. The summed E-state index contributed by atoms with van der Waals surface area (Å²) >= 11 is 0. The van der Waals surface area contributed by atoms with E-state index in [1.54, 1.807) is 0 Å². The number of aromatic nitrogens is 2. The molecule has 0 spiro atoms. The molecule has 4 N–H and O–H groups in total. The van der Waals surface area contributed by atoms with Crippen molar-refractivity contribution in [1.29, 1.82) is 0 Å². The lowest BCUT2D eigenvalue weighted by Gasteiger charge is -2.26. The van der Waals surface area contributed by atoms with Gasteiger partial charge in [0.25, 0.3) is 0 Å². The van der Waals surface area contributed by atoms with Gasteiger partial charge in [0.2, 0.25) is 0 Å². The maximum absolute atomic E-state index is 10.8. The van der Waals surface area contributed by atoms with Gasteiger partial charge in [-0.15, -0.1) is 0 Å². The molecule has 1 heterocycles. The largest absolute Gasteiger partial charge is 0.476 e. The molecule has 0 aliphatic rings. The van der Waals surface area contributed by atoms with E-state index in [0.29, 0.717) is 0 Å². The third-order valence-electron chi connectivity index (χ3n) is 2.02. The number of carboxylic acids is 1. The van der Waals surface area contributed by atoms with Gasteiger partial charge in [-0.05, 0) is 6.92 Å². The van der Waals surface area contributed by atoms with Crippen molar-refractivity contribution in [1.82, 2.24) is 9.97 Å². The highest BCUT2D eigenvalue weighted by Crippen LogP contribution is 2.15. The highest BCUT2D eigenvalue weighted by Gasteiger charge is 2.25. The summed E-state index contributed by atoms with van der Waals surface area (Å²) in [6, 6.07) is 0. The Kier molecular flexibility index (Phi) is 3.75. The molecular formula is C9H13N3O4. The maximum atomic E-state index is 10.8. The lowest BCUT2D eigenvalue weighted by Crippen LogP contribution is -2.43. The fraction of sp³-hybridized carbons (Fsp3) is 0.444. The van der Waals surface area contributed by atoms with Crippen molar-refractivity contribution in [2.45, 2.75) is 12.5 Å². The van der Waals surface area contributed by atoms with Gasteiger partial charge in [-0.1, -0.05) is 0 Å². The number of anilines is 1. The van der Waals surface area contributed by atoms with Crippen LogP contribution in [0.1, 0.15) is 17.4 Å². The zero-order valence-electron chi connectivity index (χ0n) is 8.71. The number of carbonyl (C=O) groups is 1. The van der Waals surface area contributed by atoms with Crippen LogP contribution >= 0.6 is 0 Å². The van der Waals surface area contributed by atoms with Crippen molar-refractivity contribution < 1.29 is 20.1 Å². The van der Waals surface area contributed by atoms with Crippen molar-refractivity contribution in [3.8, 4) is 0 Å². The highest BCUT2D eigenvalue weighted by molar-refractivity contribution is 5.90. The number of carboxylic acid groups (broad SMARTS) is 1. The molecule has 1 aromatic heterocycles. The molecule has 0 aromatic carbocycles. The molecule has 7 nitrogen and oxygen atoms in total. The number of hydrogen-bond donors (Lipinski definition) is 4. The van der Waals surface area contributed by atoms with Gasteiger partial charge >= 0.3 is 5.97 Å². The van der Waals surface area contributed by atoms with E-state index >= 15 is 0 Å². The van der Waals surface area contributed by atoms with Gasteiger partial charge in [-0.2, -0.15) is 0 Å². The highest BCUT2D eigenvalue weighted by atomic mass is 16.4. The molecule has 0 radical (unpaired) electrons. The number of nitrogens with one attached hydrogen (secondary N) is 1. The molecule has 0 bridgehead atoms. The summed E-state index contributed by atoms with van der Waals surface area (Å²) in [6.07, 6.45) is 2.58. The molecule has 0 aliphatic heterocycles. The van der Waals surface area contributed by atoms with Crippen molar-refractivity contribution in [2.24, 2.45) is 0 Å². The van der Waals surface area contributed by atoms with Crippen LogP contribution in [0.3, 0.4) is 0 Å². The van der Waals surface area contributed by atoms with Crippen molar-refractivity contribution >= 4 is 11.8 Å². The number of hydrogen-bond acceptors (Lipinski definition) is 6. The molecule has 0 fully saturated rings. The predicted molar refractivity (Wildman–Crippen MR) is 55.2 cm³/mol. The summed E-state index contributed by atoms with van der Waals surface area (Å²) in [4.78, 5) is 18.3. The van der Waals surface area contributed by atoms with Crippen LogP contribution in [-0.2, 0) is 0 Å². The zero-order chi connectivity index (χ0) is 12.2. The van der Waals surface area contributed by atoms with Crippen LogP contribution in [0.15, 0.2) is 12.4 Å². The first-order chi connectivity index (χ1) is 7.52. The Morgan fingerprint density at radius 3 is 2.44 bits per heavy atom. The van der Waals surface area contributed by atoms with E-state index in [1.165, 1.54) is 19.3 Å². The summed E-state index contributed by atoms with van der Waals surface area (Å²) in [5.74, 6) is -1.21. The Balaban J connectivity index is 3.01. The van der Waals surface area contributed by atoms with E-state index in [2.05, 4.69) is 15.3 Å². The van der Waals surface area contributed by atoms with Gasteiger partial charge in [-0.3, -0.25) is 0 Å². The molecule has 0 saturated carbocycles. The molecule has 16 heavy (non-hydrogen) atoms. The van der Waals surface area contributed by atoms with Gasteiger partial charge in [0.1, 0.15) is 0 Å². The molecule has 1 aromatic rings. The van der Waals surface area contributed by atoms with Gasteiger partial charge < -0.3 is 20.6 Å². The van der Waals surface area contributed by atoms with E-state index < -0.39 is 11.5 Å². The Labute approximate surface area is 91.8 Å². The van der Waals surface area contributed by atoms with Crippen LogP contribution in [0, 0.1) is 0 Å². The average Bonchev–Trinajstić information content (AvgIpc) is 2.29. The first-order valence-electron chi connectivity index (χ1n) is 4.56. The standard InChI is InChI=1S/C9H13N3O4/c1-9(4-13,5-14)12-7-6(8(15)16)10-2-3-11-7/h2-3,13-14H,4-5H2,1H3,(H,11,12)(H,15,16). The minimum atomic E-state index is -1.23. The van der Waals surface area contributed by atoms with Crippen molar-refractivity contribution in [3.05, 3.63) is 18.1 Å². The fourth-order valence-corrected chi connectivity index (χ4v) is 1.00. The number of nitrogens with zero attached hydrogens (tertiary/aromatic N) is 2. The Bertz CT molecular complexity index is 379. The topological polar surface area (TPSA) is 116 Å². The molecule has 0 saturated heterocycles. The minimum Gasteiger partial charge on any atom is -0.476 e. The van der Waals surface area contributed by atoms with Gasteiger partial charge in [0, 0.05) is 12.4 Å². The van der Waals surface area contributed by atoms with Crippen molar-refractivity contribution in [3.63, 3.8) is 0 Å². The van der Waals surface area contributed by atoms with Crippen LogP contribution in [0.4, 0.5) is 5.82 Å². The van der Waals surface area contributed by atoms with Crippen LogP contribution in [0.25, 0.3) is 0 Å². The molecule has 88 valence electrons.